The number of aromatic nitrogens is 1. The van der Waals surface area contributed by atoms with Crippen LogP contribution in [-0.2, 0) is 12.0 Å². The van der Waals surface area contributed by atoms with Crippen LogP contribution in [0.2, 0.25) is 0 Å². The number of azo groups is 1. The standard InChI is InChI=1S/C37H35N5O2/c1-4-20-37(3,38)26-15-17-27(18-16-26)41-42-34-32-24(14-19-29-28-12-8-9-13-31(28)40-33(29)32)21-30(35(34)43)36(44)39-22-25-11-7-6-10-23(25)5-2/h6-19,21-22,40,43H,4-5,20,38H2,1-3H3/b39-22+,42-41?. The third-order valence-corrected chi connectivity index (χ3v) is 8.28. The van der Waals surface area contributed by atoms with Crippen LogP contribution >= 0.6 is 0 Å². The van der Waals surface area contributed by atoms with E-state index in [1.54, 1.807) is 12.3 Å². The first kappa shape index (κ1) is 29.0. The molecule has 6 aromatic rings. The zero-order valence-electron chi connectivity index (χ0n) is 25.1. The van der Waals surface area contributed by atoms with Gasteiger partial charge in [-0.2, -0.15) is 5.11 Å². The molecule has 0 spiro atoms. The van der Waals surface area contributed by atoms with E-state index in [0.717, 1.165) is 63.1 Å². The van der Waals surface area contributed by atoms with E-state index >= 15 is 0 Å². The van der Waals surface area contributed by atoms with Gasteiger partial charge in [0.1, 0.15) is 5.69 Å². The Labute approximate surface area is 256 Å². The molecule has 0 aliphatic carbocycles. The monoisotopic (exact) mass is 581 g/mol. The second-order valence-corrected chi connectivity index (χ2v) is 11.4. The number of aryl methyl sites for hydroxylation is 1. The van der Waals surface area contributed by atoms with E-state index in [-0.39, 0.29) is 17.0 Å². The van der Waals surface area contributed by atoms with Gasteiger partial charge in [-0.25, -0.2) is 4.99 Å². The zero-order valence-corrected chi connectivity index (χ0v) is 25.1. The molecule has 0 bridgehead atoms. The fourth-order valence-corrected chi connectivity index (χ4v) is 5.90. The number of carbonyl (C=O) groups excluding carboxylic acids is 1. The molecule has 7 heteroatoms. The summed E-state index contributed by atoms with van der Waals surface area (Å²) in [6, 6.07) is 29.1. The number of aliphatic imine (C=N–C) groups is 1. The smallest absolute Gasteiger partial charge is 0.280 e. The molecule has 44 heavy (non-hydrogen) atoms. The van der Waals surface area contributed by atoms with E-state index in [2.05, 4.69) is 34.1 Å². The number of phenols is 1. The molecule has 6 rings (SSSR count). The van der Waals surface area contributed by atoms with Gasteiger partial charge in [-0.05, 0) is 66.1 Å². The van der Waals surface area contributed by atoms with Crippen molar-refractivity contribution in [2.45, 2.75) is 45.6 Å². The Morgan fingerprint density at radius 1 is 0.932 bits per heavy atom. The van der Waals surface area contributed by atoms with Crippen molar-refractivity contribution in [2.75, 3.05) is 0 Å². The van der Waals surface area contributed by atoms with E-state index in [1.165, 1.54) is 0 Å². The molecule has 5 aromatic carbocycles. The number of rotatable bonds is 8. The van der Waals surface area contributed by atoms with Crippen LogP contribution in [0.4, 0.5) is 11.4 Å². The van der Waals surface area contributed by atoms with E-state index in [1.807, 2.05) is 91.9 Å². The predicted molar refractivity (Wildman–Crippen MR) is 180 cm³/mol. The lowest BCUT2D eigenvalue weighted by Gasteiger charge is -2.24. The number of nitrogens with zero attached hydrogens (tertiary/aromatic N) is 3. The highest BCUT2D eigenvalue weighted by Gasteiger charge is 2.22. The minimum atomic E-state index is -0.564. The molecule has 0 aliphatic rings. The van der Waals surface area contributed by atoms with Crippen molar-refractivity contribution in [3.05, 3.63) is 113 Å². The van der Waals surface area contributed by atoms with Crippen LogP contribution < -0.4 is 5.73 Å². The summed E-state index contributed by atoms with van der Waals surface area (Å²) in [6.45, 7) is 6.19. The third kappa shape index (κ3) is 5.38. The lowest BCUT2D eigenvalue weighted by atomic mass is 9.89. The van der Waals surface area contributed by atoms with Crippen molar-refractivity contribution < 1.29 is 9.90 Å². The average Bonchev–Trinajstić information content (AvgIpc) is 3.42. The van der Waals surface area contributed by atoms with E-state index in [4.69, 9.17) is 5.73 Å². The lowest BCUT2D eigenvalue weighted by Crippen LogP contribution is -2.32. The summed E-state index contributed by atoms with van der Waals surface area (Å²) >= 11 is 0. The number of benzene rings is 5. The van der Waals surface area contributed by atoms with Crippen molar-refractivity contribution in [1.29, 1.82) is 0 Å². The topological polar surface area (TPSA) is 116 Å². The number of phenolic OH excluding ortho intramolecular Hbond substituents is 1. The minimum Gasteiger partial charge on any atom is -0.505 e. The Kier molecular flexibility index (Phi) is 7.80. The summed E-state index contributed by atoms with van der Waals surface area (Å²) in [6.07, 6.45) is 4.21. The molecule has 0 aliphatic heterocycles. The van der Waals surface area contributed by atoms with Gasteiger partial charge in [0.25, 0.3) is 5.91 Å². The van der Waals surface area contributed by atoms with Gasteiger partial charge < -0.3 is 15.8 Å². The van der Waals surface area contributed by atoms with Crippen molar-refractivity contribution in [3.8, 4) is 5.75 Å². The van der Waals surface area contributed by atoms with E-state index in [0.29, 0.717) is 11.1 Å². The van der Waals surface area contributed by atoms with Gasteiger partial charge >= 0.3 is 0 Å². The first-order valence-corrected chi connectivity index (χ1v) is 15.0. The Hall–Kier alpha value is -5.14. The van der Waals surface area contributed by atoms with Gasteiger partial charge in [-0.15, -0.1) is 5.11 Å². The molecule has 0 saturated heterocycles. The van der Waals surface area contributed by atoms with Crippen LogP contribution in [0.1, 0.15) is 60.7 Å². The second-order valence-electron chi connectivity index (χ2n) is 11.4. The van der Waals surface area contributed by atoms with Gasteiger partial charge in [0.15, 0.2) is 5.75 Å². The van der Waals surface area contributed by atoms with Crippen molar-refractivity contribution in [3.63, 3.8) is 0 Å². The molecule has 0 fully saturated rings. The molecule has 1 amide bonds. The second kappa shape index (κ2) is 11.9. The van der Waals surface area contributed by atoms with Crippen LogP contribution in [0.5, 0.6) is 5.75 Å². The number of para-hydroxylation sites is 1. The fourth-order valence-electron chi connectivity index (χ4n) is 5.90. The Bertz CT molecular complexity index is 2070. The van der Waals surface area contributed by atoms with Crippen molar-refractivity contribution in [1.82, 2.24) is 4.98 Å². The highest BCUT2D eigenvalue weighted by atomic mass is 16.3. The highest BCUT2D eigenvalue weighted by molar-refractivity contribution is 6.22. The van der Waals surface area contributed by atoms with Gasteiger partial charge in [-0.1, -0.05) is 87.0 Å². The molecule has 220 valence electrons. The van der Waals surface area contributed by atoms with Crippen LogP contribution in [0, 0.1) is 0 Å². The number of carbonyl (C=O) groups is 1. The summed E-state index contributed by atoms with van der Waals surface area (Å²) in [7, 11) is 0. The van der Waals surface area contributed by atoms with E-state index < -0.39 is 11.4 Å². The summed E-state index contributed by atoms with van der Waals surface area (Å²) in [4.78, 5) is 21.2. The number of nitrogens with two attached hydrogens (primary N) is 1. The minimum absolute atomic E-state index is 0.0564. The maximum Gasteiger partial charge on any atom is 0.280 e. The summed E-state index contributed by atoms with van der Waals surface area (Å²) in [5, 5.41) is 24.1. The number of amides is 1. The SMILES string of the molecule is CCCC(C)(N)c1ccc(N=Nc2c(O)c(C(=O)/N=C/c3ccccc3CC)cc3ccc4c5ccccc5[nH]c4c23)cc1. The molecule has 1 unspecified atom stereocenters. The molecular formula is C37H35N5O2. The first-order chi connectivity index (χ1) is 21.3. The fraction of sp³-hybridized carbons (Fsp3) is 0.189. The van der Waals surface area contributed by atoms with Gasteiger partial charge in [-0.3, -0.25) is 4.79 Å². The molecule has 1 heterocycles. The van der Waals surface area contributed by atoms with Crippen LogP contribution in [0.3, 0.4) is 0 Å². The maximum atomic E-state index is 13.4. The number of fused-ring (bicyclic) bond motifs is 5. The van der Waals surface area contributed by atoms with Crippen LogP contribution in [0.15, 0.2) is 106 Å². The lowest BCUT2D eigenvalue weighted by molar-refractivity contribution is 0.100. The molecule has 0 radical (unpaired) electrons. The number of aromatic hydroxyl groups is 1. The average molecular weight is 582 g/mol. The molecule has 4 N–H and O–H groups in total. The Morgan fingerprint density at radius 2 is 1.68 bits per heavy atom. The molecule has 1 atom stereocenters. The predicted octanol–water partition coefficient (Wildman–Crippen LogP) is 9.39. The summed E-state index contributed by atoms with van der Waals surface area (Å²) in [5.41, 5.74) is 11.7. The van der Waals surface area contributed by atoms with Crippen molar-refractivity contribution in [2.24, 2.45) is 21.0 Å². The quantitative estimate of drug-likeness (QED) is 0.123. The normalized spacial score (nSPS) is 13.5. The maximum absolute atomic E-state index is 13.4. The number of hydrogen-bond acceptors (Lipinski definition) is 5. The highest BCUT2D eigenvalue weighted by Crippen LogP contribution is 2.44. The van der Waals surface area contributed by atoms with Gasteiger partial charge in [0.2, 0.25) is 0 Å². The summed E-state index contributed by atoms with van der Waals surface area (Å²) < 4.78 is 0. The van der Waals surface area contributed by atoms with Crippen LogP contribution in [-0.4, -0.2) is 22.2 Å². The number of H-pyrrole nitrogens is 1. The molecular weight excluding hydrogens is 546 g/mol. The number of nitrogens with one attached hydrogen (secondary N) is 1. The third-order valence-electron chi connectivity index (χ3n) is 8.28. The van der Waals surface area contributed by atoms with E-state index in [9.17, 15) is 9.90 Å². The Morgan fingerprint density at radius 3 is 2.45 bits per heavy atom. The zero-order chi connectivity index (χ0) is 30.8. The molecule has 7 nitrogen and oxygen atoms in total. The number of hydrogen-bond donors (Lipinski definition) is 3. The first-order valence-electron chi connectivity index (χ1n) is 15.0. The van der Waals surface area contributed by atoms with Gasteiger partial charge in [0, 0.05) is 33.4 Å². The van der Waals surface area contributed by atoms with Crippen LogP contribution in [0.25, 0.3) is 32.6 Å². The largest absolute Gasteiger partial charge is 0.505 e. The summed E-state index contributed by atoms with van der Waals surface area (Å²) in [5.74, 6) is -0.835. The molecule has 1 aromatic heterocycles. The van der Waals surface area contributed by atoms with Crippen molar-refractivity contribution >= 4 is 56.1 Å². The van der Waals surface area contributed by atoms with Gasteiger partial charge in [0.05, 0.1) is 16.8 Å². The number of aromatic amines is 1. The Balaban J connectivity index is 1.49. The molecule has 0 saturated carbocycles.